The van der Waals surface area contributed by atoms with E-state index >= 15 is 0 Å². The van der Waals surface area contributed by atoms with Gasteiger partial charge in [-0.2, -0.15) is 0 Å². The Balaban J connectivity index is 2.11. The Kier molecular flexibility index (Phi) is 4.15. The Hall–Kier alpha value is -1.61. The van der Waals surface area contributed by atoms with E-state index in [0.717, 1.165) is 34.3 Å². The van der Waals surface area contributed by atoms with E-state index in [0.29, 0.717) is 6.54 Å². The Labute approximate surface area is 112 Å². The Morgan fingerprint density at radius 1 is 1.22 bits per heavy atom. The summed E-state index contributed by atoms with van der Waals surface area (Å²) in [5, 5.41) is 4.05. The fourth-order valence-electron chi connectivity index (χ4n) is 1.73. The van der Waals surface area contributed by atoms with Gasteiger partial charge in [-0.3, -0.25) is 0 Å². The molecule has 0 unspecified atom stereocenters. The molecule has 2 aromatic rings. The van der Waals surface area contributed by atoms with Crippen LogP contribution in [0.1, 0.15) is 24.0 Å². The van der Waals surface area contributed by atoms with Gasteiger partial charge >= 0.3 is 0 Å². The number of hydrogen-bond donors (Lipinski definition) is 1. The van der Waals surface area contributed by atoms with E-state index < -0.39 is 0 Å². The van der Waals surface area contributed by atoms with Crippen molar-refractivity contribution in [2.45, 2.75) is 26.8 Å². The molecule has 0 aliphatic carbocycles. The summed E-state index contributed by atoms with van der Waals surface area (Å²) in [5.74, 6) is 1.63. The van der Waals surface area contributed by atoms with Crippen LogP contribution in [0.25, 0.3) is 0 Å². The van der Waals surface area contributed by atoms with Crippen LogP contribution < -0.4 is 5.32 Å². The van der Waals surface area contributed by atoms with Crippen molar-refractivity contribution in [3.8, 4) is 0 Å². The van der Waals surface area contributed by atoms with Gasteiger partial charge in [0.05, 0.1) is 0 Å². The highest BCUT2D eigenvalue weighted by Gasteiger charge is 2.02. The highest BCUT2D eigenvalue weighted by atomic mass is 35.5. The lowest BCUT2D eigenvalue weighted by Gasteiger charge is -2.09. The highest BCUT2D eigenvalue weighted by Crippen LogP contribution is 2.16. The molecule has 0 aliphatic rings. The molecular formula is C14H16ClN3. The minimum atomic E-state index is 0.666. The fourth-order valence-corrected chi connectivity index (χ4v) is 1.93. The number of nitrogens with one attached hydrogen (secondary N) is 1. The van der Waals surface area contributed by atoms with E-state index in [1.54, 1.807) is 0 Å². The van der Waals surface area contributed by atoms with Gasteiger partial charge in [-0.15, -0.1) is 0 Å². The molecule has 18 heavy (non-hydrogen) atoms. The van der Waals surface area contributed by atoms with Crippen LogP contribution in [-0.4, -0.2) is 9.97 Å². The van der Waals surface area contributed by atoms with Crippen molar-refractivity contribution >= 4 is 17.4 Å². The van der Waals surface area contributed by atoms with Crippen LogP contribution in [0.5, 0.6) is 0 Å². The number of hydrogen-bond acceptors (Lipinski definition) is 3. The van der Waals surface area contributed by atoms with Crippen LogP contribution in [0.4, 0.5) is 5.82 Å². The Morgan fingerprint density at radius 3 is 2.72 bits per heavy atom. The molecule has 1 N–H and O–H groups in total. The fraction of sp³-hybridized carbons (Fsp3) is 0.286. The first kappa shape index (κ1) is 12.8. The molecule has 0 radical (unpaired) electrons. The van der Waals surface area contributed by atoms with Crippen molar-refractivity contribution in [3.63, 3.8) is 0 Å². The molecule has 0 saturated heterocycles. The molecule has 1 aromatic carbocycles. The zero-order valence-electron chi connectivity index (χ0n) is 10.6. The number of halogens is 1. The summed E-state index contributed by atoms with van der Waals surface area (Å²) < 4.78 is 0. The van der Waals surface area contributed by atoms with Crippen molar-refractivity contribution in [3.05, 3.63) is 52.4 Å². The molecule has 0 aliphatic heterocycles. The van der Waals surface area contributed by atoms with Crippen molar-refractivity contribution in [1.82, 2.24) is 9.97 Å². The second kappa shape index (κ2) is 5.83. The van der Waals surface area contributed by atoms with Crippen molar-refractivity contribution < 1.29 is 0 Å². The van der Waals surface area contributed by atoms with E-state index in [2.05, 4.69) is 22.2 Å². The largest absolute Gasteiger partial charge is 0.366 e. The molecule has 1 heterocycles. The molecule has 0 fully saturated rings. The number of aromatic nitrogens is 2. The number of nitrogens with zero attached hydrogens (tertiary/aromatic N) is 2. The molecule has 0 atom stereocenters. The maximum atomic E-state index is 6.11. The maximum Gasteiger partial charge on any atom is 0.130 e. The molecule has 0 bridgehead atoms. The minimum absolute atomic E-state index is 0.666. The van der Waals surface area contributed by atoms with Crippen LogP contribution in [-0.2, 0) is 13.0 Å². The van der Waals surface area contributed by atoms with E-state index in [1.165, 1.54) is 0 Å². The molecule has 94 valence electrons. The molecule has 2 rings (SSSR count). The van der Waals surface area contributed by atoms with Gasteiger partial charge in [0.25, 0.3) is 0 Å². The molecular weight excluding hydrogens is 246 g/mol. The SMILES string of the molecule is CCc1cc(NCc2ccccc2Cl)nc(C)n1. The minimum Gasteiger partial charge on any atom is -0.366 e. The van der Waals surface area contributed by atoms with Crippen LogP contribution in [0.2, 0.25) is 5.02 Å². The first-order chi connectivity index (χ1) is 8.69. The lowest BCUT2D eigenvalue weighted by Crippen LogP contribution is -2.05. The van der Waals surface area contributed by atoms with Crippen molar-refractivity contribution in [2.75, 3.05) is 5.32 Å². The Bertz CT molecular complexity index is 540. The van der Waals surface area contributed by atoms with Crippen molar-refractivity contribution in [1.29, 1.82) is 0 Å². The monoisotopic (exact) mass is 261 g/mol. The average molecular weight is 262 g/mol. The van der Waals surface area contributed by atoms with Gasteiger partial charge in [-0.05, 0) is 25.0 Å². The molecule has 1 aromatic heterocycles. The number of aryl methyl sites for hydroxylation is 2. The zero-order valence-corrected chi connectivity index (χ0v) is 11.3. The predicted molar refractivity (Wildman–Crippen MR) is 74.9 cm³/mol. The maximum absolute atomic E-state index is 6.11. The summed E-state index contributed by atoms with van der Waals surface area (Å²) >= 11 is 6.11. The average Bonchev–Trinajstić information content (AvgIpc) is 2.37. The molecule has 4 heteroatoms. The standard InChI is InChI=1S/C14H16ClN3/c1-3-12-8-14(18-10(2)17-12)16-9-11-6-4-5-7-13(11)15/h4-8H,3,9H2,1-2H3,(H,16,17,18). The second-order valence-corrected chi connectivity index (χ2v) is 4.50. The summed E-state index contributed by atoms with van der Waals surface area (Å²) in [6.45, 7) is 4.65. The van der Waals surface area contributed by atoms with Gasteiger partial charge < -0.3 is 5.32 Å². The summed E-state index contributed by atoms with van der Waals surface area (Å²) in [6.07, 6.45) is 0.907. The molecule has 0 spiro atoms. The third-order valence-corrected chi connectivity index (χ3v) is 3.04. The van der Waals surface area contributed by atoms with E-state index in [-0.39, 0.29) is 0 Å². The molecule has 0 saturated carbocycles. The number of rotatable bonds is 4. The van der Waals surface area contributed by atoms with Gasteiger partial charge in [0, 0.05) is 23.3 Å². The summed E-state index contributed by atoms with van der Waals surface area (Å²) in [7, 11) is 0. The predicted octanol–water partition coefficient (Wildman–Crippen LogP) is 3.61. The third-order valence-electron chi connectivity index (χ3n) is 2.67. The zero-order chi connectivity index (χ0) is 13.0. The van der Waals surface area contributed by atoms with Gasteiger partial charge in [-0.1, -0.05) is 36.7 Å². The van der Waals surface area contributed by atoms with E-state index in [9.17, 15) is 0 Å². The normalized spacial score (nSPS) is 10.4. The van der Waals surface area contributed by atoms with E-state index in [1.807, 2.05) is 37.3 Å². The quantitative estimate of drug-likeness (QED) is 0.914. The topological polar surface area (TPSA) is 37.8 Å². The third kappa shape index (κ3) is 3.20. The van der Waals surface area contributed by atoms with E-state index in [4.69, 9.17) is 11.6 Å². The lowest BCUT2D eigenvalue weighted by atomic mass is 10.2. The van der Waals surface area contributed by atoms with Crippen LogP contribution in [0, 0.1) is 6.92 Å². The number of benzene rings is 1. The van der Waals surface area contributed by atoms with Crippen LogP contribution >= 0.6 is 11.6 Å². The summed E-state index contributed by atoms with van der Waals surface area (Å²) in [6, 6.07) is 9.77. The molecule has 0 amide bonds. The summed E-state index contributed by atoms with van der Waals surface area (Å²) in [5.41, 5.74) is 2.11. The first-order valence-corrected chi connectivity index (χ1v) is 6.38. The smallest absolute Gasteiger partial charge is 0.130 e. The molecule has 3 nitrogen and oxygen atoms in total. The second-order valence-electron chi connectivity index (χ2n) is 4.09. The van der Waals surface area contributed by atoms with Gasteiger partial charge in [-0.25, -0.2) is 9.97 Å². The van der Waals surface area contributed by atoms with Gasteiger partial charge in [0.1, 0.15) is 11.6 Å². The Morgan fingerprint density at radius 2 is 2.00 bits per heavy atom. The van der Waals surface area contributed by atoms with Crippen LogP contribution in [0.3, 0.4) is 0 Å². The van der Waals surface area contributed by atoms with Gasteiger partial charge in [0.2, 0.25) is 0 Å². The summed E-state index contributed by atoms with van der Waals surface area (Å²) in [4.78, 5) is 8.71. The van der Waals surface area contributed by atoms with Crippen molar-refractivity contribution in [2.24, 2.45) is 0 Å². The lowest BCUT2D eigenvalue weighted by molar-refractivity contribution is 0.941. The van der Waals surface area contributed by atoms with Gasteiger partial charge in [0.15, 0.2) is 0 Å². The number of anilines is 1. The highest BCUT2D eigenvalue weighted by molar-refractivity contribution is 6.31. The first-order valence-electron chi connectivity index (χ1n) is 6.01. The van der Waals surface area contributed by atoms with Crippen LogP contribution in [0.15, 0.2) is 30.3 Å².